The lowest BCUT2D eigenvalue weighted by Crippen LogP contribution is -2.27. The summed E-state index contributed by atoms with van der Waals surface area (Å²) in [4.78, 5) is 33.1. The van der Waals surface area contributed by atoms with E-state index in [1.807, 2.05) is 6.92 Å². The molecule has 0 heterocycles. The summed E-state index contributed by atoms with van der Waals surface area (Å²) < 4.78 is 26.3. The molecule has 0 aliphatic rings. The molecule has 46 heavy (non-hydrogen) atoms. The van der Waals surface area contributed by atoms with E-state index in [0.717, 1.165) is 77.0 Å². The first kappa shape index (κ1) is 43.5. The van der Waals surface area contributed by atoms with Crippen molar-refractivity contribution >= 4 is 19.7 Å². The van der Waals surface area contributed by atoms with Gasteiger partial charge in [-0.3, -0.25) is 18.6 Å². The van der Waals surface area contributed by atoms with Gasteiger partial charge in [-0.2, -0.15) is 0 Å². The van der Waals surface area contributed by atoms with E-state index in [1.165, 1.54) is 0 Å². The summed E-state index contributed by atoms with van der Waals surface area (Å²) in [6.07, 6.45) is 38.2. The second-order valence-electron chi connectivity index (χ2n) is 10.8. The highest BCUT2D eigenvalue weighted by molar-refractivity contribution is 7.47. The Bertz CT molecular complexity index is 986. The predicted molar refractivity (Wildman–Crippen MR) is 187 cm³/mol. The van der Waals surface area contributed by atoms with Gasteiger partial charge >= 0.3 is 13.8 Å². The Morgan fingerprint density at radius 3 is 1.80 bits per heavy atom. The molecule has 0 fully saturated rings. The molecule has 3 N–H and O–H groups in total. The Kier molecular flexibility index (Phi) is 30.6. The minimum absolute atomic E-state index is 0.0625. The second kappa shape index (κ2) is 32.4. The number of unbranched alkanes of at least 4 members (excludes halogenated alkanes) is 5. The minimum Gasteiger partial charge on any atom is -0.463 e. The zero-order valence-corrected chi connectivity index (χ0v) is 29.1. The third-order valence-electron chi connectivity index (χ3n) is 6.40. The quantitative estimate of drug-likeness (QED) is 0.0302. The number of esters is 1. The van der Waals surface area contributed by atoms with Crippen LogP contribution in [0.5, 0.6) is 0 Å². The van der Waals surface area contributed by atoms with Crippen LogP contribution in [-0.2, 0) is 27.9 Å². The van der Waals surface area contributed by atoms with Crippen LogP contribution in [0, 0.1) is 0 Å². The summed E-state index contributed by atoms with van der Waals surface area (Å²) in [6.45, 7) is 3.08. The van der Waals surface area contributed by atoms with Gasteiger partial charge in [0.15, 0.2) is 0 Å². The van der Waals surface area contributed by atoms with E-state index in [-0.39, 0.29) is 32.1 Å². The van der Waals surface area contributed by atoms with Crippen molar-refractivity contribution in [3.63, 3.8) is 0 Å². The smallest absolute Gasteiger partial charge is 0.463 e. The third-order valence-corrected chi connectivity index (χ3v) is 7.39. The number of allylic oxidation sites excluding steroid dienone is 12. The summed E-state index contributed by atoms with van der Waals surface area (Å²) in [6, 6.07) is 0. The number of aliphatic hydroxyl groups is 1. The van der Waals surface area contributed by atoms with Crippen molar-refractivity contribution in [2.45, 2.75) is 116 Å². The number of phosphoric ester groups is 1. The fourth-order valence-electron chi connectivity index (χ4n) is 3.83. The first-order chi connectivity index (χ1) is 22.3. The molecule has 0 radical (unpaired) electrons. The van der Waals surface area contributed by atoms with Gasteiger partial charge in [0.2, 0.25) is 5.91 Å². The number of nitrogens with one attached hydrogen (secondary N) is 1. The fraction of sp³-hybridized carbons (Fsp3) is 0.611. The minimum atomic E-state index is -4.40. The monoisotopic (exact) mass is 665 g/mol. The number of hydrogen-bond acceptors (Lipinski definition) is 7. The van der Waals surface area contributed by atoms with Crippen molar-refractivity contribution < 1.29 is 37.9 Å². The lowest BCUT2D eigenvalue weighted by Gasteiger charge is -2.15. The highest BCUT2D eigenvalue weighted by Crippen LogP contribution is 2.42. The Balaban J connectivity index is 3.67. The molecule has 9 nitrogen and oxygen atoms in total. The number of carbonyl (C=O) groups is 2. The Hall–Kier alpha value is -2.55. The molecule has 0 spiro atoms. The van der Waals surface area contributed by atoms with Crippen molar-refractivity contribution in [1.82, 2.24) is 5.32 Å². The van der Waals surface area contributed by atoms with Crippen molar-refractivity contribution in [3.05, 3.63) is 72.9 Å². The number of rotatable bonds is 30. The van der Waals surface area contributed by atoms with Crippen LogP contribution in [0.15, 0.2) is 72.9 Å². The van der Waals surface area contributed by atoms with E-state index in [9.17, 15) is 24.2 Å². The first-order valence-corrected chi connectivity index (χ1v) is 18.4. The molecule has 0 saturated carbocycles. The lowest BCUT2D eigenvalue weighted by atomic mass is 10.1. The molecule has 0 aromatic heterocycles. The normalized spacial score (nSPS) is 14.4. The molecule has 0 aromatic rings. The average molecular weight is 666 g/mol. The largest absolute Gasteiger partial charge is 0.472 e. The van der Waals surface area contributed by atoms with E-state index in [2.05, 4.69) is 85.2 Å². The van der Waals surface area contributed by atoms with Crippen molar-refractivity contribution in [3.8, 4) is 0 Å². The summed E-state index contributed by atoms with van der Waals surface area (Å²) in [5.74, 6) is -0.587. The number of hydrogen-bond donors (Lipinski definition) is 3. The van der Waals surface area contributed by atoms with E-state index >= 15 is 0 Å². The van der Waals surface area contributed by atoms with Crippen LogP contribution < -0.4 is 5.32 Å². The van der Waals surface area contributed by atoms with Gasteiger partial charge in [0.05, 0.1) is 13.2 Å². The van der Waals surface area contributed by atoms with Crippen molar-refractivity contribution in [2.24, 2.45) is 0 Å². The molecule has 0 aromatic carbocycles. The third kappa shape index (κ3) is 32.8. The van der Waals surface area contributed by atoms with Gasteiger partial charge in [0, 0.05) is 19.4 Å². The van der Waals surface area contributed by atoms with E-state index < -0.39 is 26.5 Å². The van der Waals surface area contributed by atoms with E-state index in [1.54, 1.807) is 0 Å². The molecule has 2 unspecified atom stereocenters. The molecular weight excluding hydrogens is 605 g/mol. The molecule has 0 bridgehead atoms. The number of phosphoric acid groups is 1. The van der Waals surface area contributed by atoms with Crippen LogP contribution in [0.4, 0.5) is 0 Å². The molecule has 0 rings (SSSR count). The van der Waals surface area contributed by atoms with Crippen LogP contribution in [-0.4, -0.2) is 54.3 Å². The Morgan fingerprint density at radius 2 is 1.24 bits per heavy atom. The maximum atomic E-state index is 12.0. The molecule has 0 aliphatic carbocycles. The van der Waals surface area contributed by atoms with Crippen LogP contribution >= 0.6 is 7.82 Å². The van der Waals surface area contributed by atoms with Crippen LogP contribution in [0.2, 0.25) is 0 Å². The van der Waals surface area contributed by atoms with Gasteiger partial charge in [-0.25, -0.2) is 4.57 Å². The Labute approximate surface area is 278 Å². The summed E-state index contributed by atoms with van der Waals surface area (Å²) in [7, 11) is -4.40. The maximum absolute atomic E-state index is 12.0. The topological polar surface area (TPSA) is 131 Å². The summed E-state index contributed by atoms with van der Waals surface area (Å²) in [5.41, 5.74) is 0. The van der Waals surface area contributed by atoms with Gasteiger partial charge in [-0.15, -0.1) is 0 Å². The lowest BCUT2D eigenvalue weighted by molar-refractivity contribution is -0.147. The molecule has 262 valence electrons. The maximum Gasteiger partial charge on any atom is 0.472 e. The number of amides is 1. The van der Waals surface area contributed by atoms with Gasteiger partial charge in [-0.1, -0.05) is 106 Å². The molecule has 1 amide bonds. The van der Waals surface area contributed by atoms with Crippen LogP contribution in [0.3, 0.4) is 0 Å². The van der Waals surface area contributed by atoms with Crippen LogP contribution in [0.1, 0.15) is 110 Å². The zero-order valence-electron chi connectivity index (χ0n) is 28.2. The molecule has 2 atom stereocenters. The molecular formula is C36H60NO8P. The van der Waals surface area contributed by atoms with Gasteiger partial charge in [0.1, 0.15) is 12.7 Å². The molecule has 0 aliphatic heterocycles. The van der Waals surface area contributed by atoms with Gasteiger partial charge in [0.25, 0.3) is 0 Å². The van der Waals surface area contributed by atoms with E-state index in [4.69, 9.17) is 13.8 Å². The summed E-state index contributed by atoms with van der Waals surface area (Å²) in [5, 5.41) is 12.4. The first-order valence-electron chi connectivity index (χ1n) is 16.9. The highest BCUT2D eigenvalue weighted by atomic mass is 31.2. The molecule has 10 heteroatoms. The van der Waals surface area contributed by atoms with E-state index in [0.29, 0.717) is 12.8 Å². The highest BCUT2D eigenvalue weighted by Gasteiger charge is 2.23. The van der Waals surface area contributed by atoms with Gasteiger partial charge in [-0.05, 0) is 64.2 Å². The van der Waals surface area contributed by atoms with Crippen molar-refractivity contribution in [2.75, 3.05) is 26.4 Å². The zero-order chi connectivity index (χ0) is 34.0. The standard InChI is InChI=1S/C36H60NO8P/c1-3-5-7-8-9-10-11-12-13-14-15-16-17-18-19-20-21-22-23-24-25-26-27-28-35(39)37-30-31-44-46(41,42)45-33-34(38)32-43-36(40)29-6-4-2/h5,7,9-10,12-13,15-16,18-19,21-22,34,38H,3-4,6,8,11,14,17,20,23-33H2,1-2H3,(H,37,39)(H,41,42)/b7-5-,10-9-,13-12-,16-15-,19-18-,22-21-. The van der Waals surface area contributed by atoms with Crippen molar-refractivity contribution in [1.29, 1.82) is 0 Å². The number of ether oxygens (including phenoxy) is 1. The predicted octanol–water partition coefficient (Wildman–Crippen LogP) is 8.37. The SMILES string of the molecule is CC/C=C\C/C=C\C/C=C\C/C=C\C/C=C\C/C=C\CCCCCCC(=O)NCCOP(=O)(O)OCC(O)COC(=O)CCCC. The fourth-order valence-corrected chi connectivity index (χ4v) is 4.59. The summed E-state index contributed by atoms with van der Waals surface area (Å²) >= 11 is 0. The number of carbonyl (C=O) groups excluding carboxylic acids is 2. The number of aliphatic hydroxyl groups excluding tert-OH is 1. The van der Waals surface area contributed by atoms with Crippen LogP contribution in [0.25, 0.3) is 0 Å². The average Bonchev–Trinajstić information content (AvgIpc) is 3.04. The van der Waals surface area contributed by atoms with Gasteiger partial charge < -0.3 is 20.1 Å². The second-order valence-corrected chi connectivity index (χ2v) is 12.2. The molecule has 0 saturated heterocycles. The Morgan fingerprint density at radius 1 is 0.696 bits per heavy atom.